The van der Waals surface area contributed by atoms with Gasteiger partial charge in [0.25, 0.3) is 5.91 Å². The molecule has 0 radical (unpaired) electrons. The van der Waals surface area contributed by atoms with E-state index in [2.05, 4.69) is 10.6 Å². The highest BCUT2D eigenvalue weighted by Gasteiger charge is 2.51. The number of rotatable bonds is 2. The maximum atomic E-state index is 12.4. The van der Waals surface area contributed by atoms with Crippen molar-refractivity contribution in [3.8, 4) is 0 Å². The third-order valence-corrected chi connectivity index (χ3v) is 4.20. The van der Waals surface area contributed by atoms with Gasteiger partial charge in [0, 0.05) is 32.6 Å². The lowest BCUT2D eigenvalue weighted by atomic mass is 9.90. The second-order valence-electron chi connectivity index (χ2n) is 5.40. The van der Waals surface area contributed by atoms with E-state index in [4.69, 9.17) is 4.74 Å². The van der Waals surface area contributed by atoms with Crippen molar-refractivity contribution in [3.05, 3.63) is 0 Å². The molecule has 3 amide bonds. The second kappa shape index (κ2) is 4.51. The van der Waals surface area contributed by atoms with Gasteiger partial charge < -0.3 is 15.4 Å². The Morgan fingerprint density at radius 2 is 2.11 bits per heavy atom. The van der Waals surface area contributed by atoms with E-state index in [0.29, 0.717) is 38.5 Å². The summed E-state index contributed by atoms with van der Waals surface area (Å²) < 4.78 is 5.28. The van der Waals surface area contributed by atoms with E-state index in [-0.39, 0.29) is 11.9 Å². The second-order valence-corrected chi connectivity index (χ2v) is 5.40. The van der Waals surface area contributed by atoms with E-state index in [1.807, 2.05) is 0 Å². The maximum absolute atomic E-state index is 12.4. The predicted molar refractivity (Wildman–Crippen MR) is 64.0 cm³/mol. The van der Waals surface area contributed by atoms with Crippen molar-refractivity contribution in [2.45, 2.75) is 24.8 Å². The topological polar surface area (TPSA) is 70.7 Å². The van der Waals surface area contributed by atoms with Gasteiger partial charge in [-0.1, -0.05) is 0 Å². The average molecular weight is 253 g/mol. The Kier molecular flexibility index (Phi) is 2.99. The molecule has 3 aliphatic rings. The van der Waals surface area contributed by atoms with Crippen molar-refractivity contribution in [3.63, 3.8) is 0 Å². The highest BCUT2D eigenvalue weighted by atomic mass is 16.5. The van der Waals surface area contributed by atoms with E-state index < -0.39 is 5.54 Å². The largest absolute Gasteiger partial charge is 0.381 e. The molecule has 3 fully saturated rings. The summed E-state index contributed by atoms with van der Waals surface area (Å²) in [5.41, 5.74) is -0.679. The average Bonchev–Trinajstić information content (AvgIpc) is 2.95. The Labute approximate surface area is 106 Å². The van der Waals surface area contributed by atoms with Crippen LogP contribution in [0.25, 0.3) is 0 Å². The molecule has 3 aliphatic heterocycles. The Bertz CT molecular complexity index is 360. The number of carbonyl (C=O) groups excluding carboxylic acids is 2. The summed E-state index contributed by atoms with van der Waals surface area (Å²) in [6.45, 7) is 3.51. The molecule has 1 spiro atoms. The number of hydrogen-bond donors (Lipinski definition) is 2. The van der Waals surface area contributed by atoms with Crippen LogP contribution in [0, 0.1) is 5.92 Å². The van der Waals surface area contributed by atoms with E-state index in [0.717, 1.165) is 19.5 Å². The van der Waals surface area contributed by atoms with Crippen LogP contribution in [0.3, 0.4) is 0 Å². The number of urea groups is 1. The minimum Gasteiger partial charge on any atom is -0.381 e. The van der Waals surface area contributed by atoms with Crippen molar-refractivity contribution in [2.24, 2.45) is 5.92 Å². The molecular weight excluding hydrogens is 234 g/mol. The molecule has 0 aliphatic carbocycles. The Morgan fingerprint density at radius 1 is 1.33 bits per heavy atom. The molecule has 0 saturated carbocycles. The molecule has 6 heteroatoms. The van der Waals surface area contributed by atoms with Crippen LogP contribution in [0.1, 0.15) is 19.3 Å². The van der Waals surface area contributed by atoms with Gasteiger partial charge in [0.1, 0.15) is 5.54 Å². The number of nitrogens with zero attached hydrogens (tertiary/aromatic N) is 1. The first-order valence-corrected chi connectivity index (χ1v) is 6.64. The number of nitrogens with one attached hydrogen (secondary N) is 2. The van der Waals surface area contributed by atoms with Crippen LogP contribution in [0.5, 0.6) is 0 Å². The van der Waals surface area contributed by atoms with Gasteiger partial charge >= 0.3 is 6.03 Å². The zero-order valence-electron chi connectivity index (χ0n) is 10.4. The van der Waals surface area contributed by atoms with Crippen LogP contribution in [-0.4, -0.2) is 55.2 Å². The molecule has 3 heterocycles. The molecule has 0 aromatic rings. The molecule has 18 heavy (non-hydrogen) atoms. The van der Waals surface area contributed by atoms with Gasteiger partial charge in [-0.05, 0) is 25.4 Å². The zero-order valence-corrected chi connectivity index (χ0v) is 10.4. The molecule has 0 aromatic heterocycles. The molecule has 6 nitrogen and oxygen atoms in total. The van der Waals surface area contributed by atoms with Crippen molar-refractivity contribution in [1.82, 2.24) is 15.5 Å². The first-order chi connectivity index (χ1) is 8.71. The van der Waals surface area contributed by atoms with Crippen molar-refractivity contribution in [2.75, 3.05) is 32.8 Å². The molecule has 1 unspecified atom stereocenters. The van der Waals surface area contributed by atoms with Crippen LogP contribution in [-0.2, 0) is 9.53 Å². The number of carbonyl (C=O) groups is 2. The molecular formula is C12H19N3O3. The van der Waals surface area contributed by atoms with Crippen molar-refractivity contribution in [1.29, 1.82) is 0 Å². The van der Waals surface area contributed by atoms with Crippen LogP contribution in [0.2, 0.25) is 0 Å². The molecule has 3 rings (SSSR count). The molecule has 0 bridgehead atoms. The van der Waals surface area contributed by atoms with E-state index in [1.165, 1.54) is 4.90 Å². The van der Waals surface area contributed by atoms with E-state index in [1.54, 1.807) is 0 Å². The third-order valence-electron chi connectivity index (χ3n) is 4.20. The fraction of sp³-hybridized carbons (Fsp3) is 0.833. The summed E-state index contributed by atoms with van der Waals surface area (Å²) in [6, 6.07) is -0.228. The molecule has 0 aromatic carbocycles. The van der Waals surface area contributed by atoms with Crippen LogP contribution in [0.15, 0.2) is 0 Å². The van der Waals surface area contributed by atoms with Gasteiger partial charge in [0.05, 0.1) is 0 Å². The monoisotopic (exact) mass is 253 g/mol. The molecule has 100 valence electrons. The van der Waals surface area contributed by atoms with E-state index in [9.17, 15) is 9.59 Å². The van der Waals surface area contributed by atoms with Crippen LogP contribution < -0.4 is 10.6 Å². The number of hydrogen-bond acceptors (Lipinski definition) is 4. The van der Waals surface area contributed by atoms with E-state index >= 15 is 0 Å². The van der Waals surface area contributed by atoms with Gasteiger partial charge in [-0.2, -0.15) is 0 Å². The SMILES string of the molecule is O=C1NC2(CCOCC2)C(=O)N1CC1CCNC1. The quantitative estimate of drug-likeness (QED) is 0.663. The summed E-state index contributed by atoms with van der Waals surface area (Å²) in [5, 5.41) is 6.14. The smallest absolute Gasteiger partial charge is 0.325 e. The molecule has 1 atom stereocenters. The summed E-state index contributed by atoms with van der Waals surface area (Å²) in [6.07, 6.45) is 2.22. The number of amides is 3. The van der Waals surface area contributed by atoms with Crippen molar-refractivity contribution < 1.29 is 14.3 Å². The number of imide groups is 1. The van der Waals surface area contributed by atoms with Crippen LogP contribution >= 0.6 is 0 Å². The molecule has 2 N–H and O–H groups in total. The van der Waals surface area contributed by atoms with Gasteiger partial charge in [-0.25, -0.2) is 4.79 Å². The number of ether oxygens (including phenoxy) is 1. The highest BCUT2D eigenvalue weighted by molar-refractivity contribution is 6.07. The summed E-state index contributed by atoms with van der Waals surface area (Å²) >= 11 is 0. The predicted octanol–water partition coefficient (Wildman–Crippen LogP) is -0.303. The lowest BCUT2D eigenvalue weighted by Crippen LogP contribution is -2.51. The first-order valence-electron chi connectivity index (χ1n) is 6.64. The van der Waals surface area contributed by atoms with Gasteiger partial charge in [-0.3, -0.25) is 9.69 Å². The van der Waals surface area contributed by atoms with Gasteiger partial charge in [0.15, 0.2) is 0 Å². The minimum atomic E-state index is -0.679. The minimum absolute atomic E-state index is 0.0531. The van der Waals surface area contributed by atoms with Gasteiger partial charge in [0.2, 0.25) is 0 Å². The van der Waals surface area contributed by atoms with Crippen LogP contribution in [0.4, 0.5) is 4.79 Å². The summed E-state index contributed by atoms with van der Waals surface area (Å²) in [4.78, 5) is 25.8. The standard InChI is InChI=1S/C12H19N3O3/c16-10-12(2-5-18-6-3-12)14-11(17)15(10)8-9-1-4-13-7-9/h9,13H,1-8H2,(H,14,17). The Morgan fingerprint density at radius 3 is 2.78 bits per heavy atom. The maximum Gasteiger partial charge on any atom is 0.325 e. The Balaban J connectivity index is 1.71. The fourth-order valence-electron chi connectivity index (χ4n) is 3.03. The lowest BCUT2D eigenvalue weighted by Gasteiger charge is -2.30. The van der Waals surface area contributed by atoms with Crippen molar-refractivity contribution >= 4 is 11.9 Å². The fourth-order valence-corrected chi connectivity index (χ4v) is 3.03. The summed E-state index contributed by atoms with van der Waals surface area (Å²) in [7, 11) is 0. The normalized spacial score (nSPS) is 31.1. The first kappa shape index (κ1) is 11.9. The van der Waals surface area contributed by atoms with Gasteiger partial charge in [-0.15, -0.1) is 0 Å². The third kappa shape index (κ3) is 1.89. The summed E-state index contributed by atoms with van der Waals surface area (Å²) in [5.74, 6) is 0.345. The molecule has 3 saturated heterocycles. The zero-order chi connectivity index (χ0) is 12.6. The lowest BCUT2D eigenvalue weighted by molar-refractivity contribution is -0.134. The Hall–Kier alpha value is -1.14. The highest BCUT2D eigenvalue weighted by Crippen LogP contribution is 2.29.